The summed E-state index contributed by atoms with van der Waals surface area (Å²) in [6.07, 6.45) is 7.91. The van der Waals surface area contributed by atoms with Crippen molar-refractivity contribution in [3.8, 4) is 0 Å². The van der Waals surface area contributed by atoms with Crippen molar-refractivity contribution >= 4 is 0 Å². The molecule has 2 aliphatic rings. The average molecular weight is 238 g/mol. The molecular formula is C15H30N2. The number of nitrogens with zero attached hydrogens (tertiary/aromatic N) is 1. The zero-order chi connectivity index (χ0) is 12.5. The van der Waals surface area contributed by atoms with Crippen LogP contribution in [0.5, 0.6) is 0 Å². The minimum Gasteiger partial charge on any atom is -0.324 e. The Balaban J connectivity index is 1.85. The molecule has 0 aromatic heterocycles. The van der Waals surface area contributed by atoms with Crippen LogP contribution in [0.15, 0.2) is 0 Å². The van der Waals surface area contributed by atoms with Gasteiger partial charge in [-0.2, -0.15) is 0 Å². The highest BCUT2D eigenvalue weighted by Gasteiger charge is 2.36. The van der Waals surface area contributed by atoms with E-state index in [0.29, 0.717) is 5.41 Å². The van der Waals surface area contributed by atoms with Gasteiger partial charge in [-0.3, -0.25) is 0 Å². The number of likely N-dealkylation sites (tertiary alicyclic amines) is 1. The van der Waals surface area contributed by atoms with Crippen molar-refractivity contribution < 1.29 is 0 Å². The van der Waals surface area contributed by atoms with Crippen LogP contribution in [-0.2, 0) is 0 Å². The van der Waals surface area contributed by atoms with Crippen LogP contribution in [0, 0.1) is 11.3 Å². The molecule has 0 aromatic carbocycles. The van der Waals surface area contributed by atoms with Crippen molar-refractivity contribution in [1.29, 1.82) is 0 Å². The quantitative estimate of drug-likeness (QED) is 0.801. The van der Waals surface area contributed by atoms with Gasteiger partial charge in [0.15, 0.2) is 0 Å². The van der Waals surface area contributed by atoms with Crippen LogP contribution in [0.25, 0.3) is 0 Å². The SMILES string of the molecule is CC(C)(C)C1CCN(CC2(N)CCCCC2)C1. The predicted molar refractivity (Wildman–Crippen MR) is 74.0 cm³/mol. The number of hydrogen-bond acceptors (Lipinski definition) is 2. The number of hydrogen-bond donors (Lipinski definition) is 1. The van der Waals surface area contributed by atoms with Crippen molar-refractivity contribution in [2.45, 2.75) is 64.8 Å². The van der Waals surface area contributed by atoms with Crippen molar-refractivity contribution in [1.82, 2.24) is 4.90 Å². The molecule has 1 unspecified atom stereocenters. The van der Waals surface area contributed by atoms with Crippen molar-refractivity contribution in [2.75, 3.05) is 19.6 Å². The monoisotopic (exact) mass is 238 g/mol. The van der Waals surface area contributed by atoms with Crippen LogP contribution in [0.4, 0.5) is 0 Å². The van der Waals surface area contributed by atoms with Gasteiger partial charge < -0.3 is 10.6 Å². The van der Waals surface area contributed by atoms with Crippen LogP contribution in [-0.4, -0.2) is 30.1 Å². The molecule has 0 aromatic rings. The average Bonchev–Trinajstić information content (AvgIpc) is 2.66. The lowest BCUT2D eigenvalue weighted by Crippen LogP contribution is -2.51. The lowest BCUT2D eigenvalue weighted by Gasteiger charge is -2.37. The van der Waals surface area contributed by atoms with E-state index in [-0.39, 0.29) is 5.54 Å². The van der Waals surface area contributed by atoms with Gasteiger partial charge in [0.2, 0.25) is 0 Å². The van der Waals surface area contributed by atoms with Crippen LogP contribution in [0.3, 0.4) is 0 Å². The fourth-order valence-corrected chi connectivity index (χ4v) is 3.54. The zero-order valence-electron chi connectivity index (χ0n) is 12.0. The molecule has 2 fully saturated rings. The lowest BCUT2D eigenvalue weighted by molar-refractivity contribution is 0.175. The van der Waals surface area contributed by atoms with Gasteiger partial charge in [0.1, 0.15) is 0 Å². The van der Waals surface area contributed by atoms with Crippen LogP contribution < -0.4 is 5.73 Å². The Morgan fingerprint density at radius 2 is 1.82 bits per heavy atom. The van der Waals surface area contributed by atoms with Crippen LogP contribution >= 0.6 is 0 Å². The second kappa shape index (κ2) is 4.89. The van der Waals surface area contributed by atoms with E-state index in [2.05, 4.69) is 25.7 Å². The largest absolute Gasteiger partial charge is 0.324 e. The first-order chi connectivity index (χ1) is 7.89. The molecule has 1 aliphatic heterocycles. The van der Waals surface area contributed by atoms with E-state index in [1.165, 1.54) is 51.6 Å². The molecule has 2 nitrogen and oxygen atoms in total. The van der Waals surface area contributed by atoms with Gasteiger partial charge >= 0.3 is 0 Å². The van der Waals surface area contributed by atoms with Gasteiger partial charge in [-0.05, 0) is 37.1 Å². The molecule has 17 heavy (non-hydrogen) atoms. The maximum absolute atomic E-state index is 6.55. The summed E-state index contributed by atoms with van der Waals surface area (Å²) in [7, 11) is 0. The molecule has 1 aliphatic carbocycles. The molecule has 1 atom stereocenters. The summed E-state index contributed by atoms with van der Waals surface area (Å²) in [4.78, 5) is 2.63. The second-order valence-corrected chi connectivity index (χ2v) is 7.51. The maximum Gasteiger partial charge on any atom is 0.0283 e. The smallest absolute Gasteiger partial charge is 0.0283 e. The van der Waals surface area contributed by atoms with E-state index in [9.17, 15) is 0 Å². The van der Waals surface area contributed by atoms with E-state index >= 15 is 0 Å². The molecular weight excluding hydrogens is 208 g/mol. The van der Waals surface area contributed by atoms with E-state index in [1.54, 1.807) is 0 Å². The first-order valence-electron chi connectivity index (χ1n) is 7.40. The third-order valence-electron chi connectivity index (χ3n) is 4.88. The summed E-state index contributed by atoms with van der Waals surface area (Å²) in [6.45, 7) is 10.8. The number of nitrogens with two attached hydrogens (primary N) is 1. The molecule has 2 N–H and O–H groups in total. The second-order valence-electron chi connectivity index (χ2n) is 7.51. The Hall–Kier alpha value is -0.0800. The summed E-state index contributed by atoms with van der Waals surface area (Å²) in [5.41, 5.74) is 7.14. The van der Waals surface area contributed by atoms with Gasteiger partial charge in [-0.25, -0.2) is 0 Å². The first-order valence-corrected chi connectivity index (χ1v) is 7.40. The molecule has 100 valence electrons. The summed E-state index contributed by atoms with van der Waals surface area (Å²) >= 11 is 0. The van der Waals surface area contributed by atoms with Crippen molar-refractivity contribution in [2.24, 2.45) is 17.1 Å². The summed E-state index contributed by atoms with van der Waals surface area (Å²) in [5.74, 6) is 0.856. The normalized spacial score (nSPS) is 30.7. The van der Waals surface area contributed by atoms with Gasteiger partial charge in [0, 0.05) is 18.6 Å². The van der Waals surface area contributed by atoms with Crippen molar-refractivity contribution in [3.05, 3.63) is 0 Å². The Bertz CT molecular complexity index is 248. The molecule has 0 amide bonds. The number of rotatable bonds is 2. The van der Waals surface area contributed by atoms with E-state index in [4.69, 9.17) is 5.73 Å². The highest BCUT2D eigenvalue weighted by atomic mass is 15.2. The molecule has 2 rings (SSSR count). The highest BCUT2D eigenvalue weighted by molar-refractivity contribution is 4.93. The third kappa shape index (κ3) is 3.45. The highest BCUT2D eigenvalue weighted by Crippen LogP contribution is 2.35. The first kappa shape index (κ1) is 13.4. The molecule has 0 bridgehead atoms. The minimum atomic E-state index is 0.130. The molecule has 1 saturated carbocycles. The van der Waals surface area contributed by atoms with Crippen molar-refractivity contribution in [3.63, 3.8) is 0 Å². The fraction of sp³-hybridized carbons (Fsp3) is 1.00. The Kier molecular flexibility index (Phi) is 3.84. The maximum atomic E-state index is 6.55. The van der Waals surface area contributed by atoms with Gasteiger partial charge in [0.05, 0.1) is 0 Å². The van der Waals surface area contributed by atoms with Crippen LogP contribution in [0.2, 0.25) is 0 Å². The Labute approximate surface area is 107 Å². The van der Waals surface area contributed by atoms with Gasteiger partial charge in [-0.15, -0.1) is 0 Å². The van der Waals surface area contributed by atoms with E-state index < -0.39 is 0 Å². The predicted octanol–water partition coefficient (Wildman–Crippen LogP) is 3.02. The fourth-order valence-electron chi connectivity index (χ4n) is 3.54. The standard InChI is InChI=1S/C15H30N2/c1-14(2,3)13-7-10-17(11-13)12-15(16)8-5-4-6-9-15/h13H,4-12,16H2,1-3H3. The molecule has 0 spiro atoms. The summed E-state index contributed by atoms with van der Waals surface area (Å²) in [5, 5.41) is 0. The topological polar surface area (TPSA) is 29.3 Å². The van der Waals surface area contributed by atoms with Crippen LogP contribution in [0.1, 0.15) is 59.3 Å². The molecule has 2 heteroatoms. The van der Waals surface area contributed by atoms with E-state index in [0.717, 1.165) is 12.5 Å². The molecule has 0 radical (unpaired) electrons. The van der Waals surface area contributed by atoms with Gasteiger partial charge in [-0.1, -0.05) is 40.0 Å². The molecule has 1 heterocycles. The summed E-state index contributed by atoms with van der Waals surface area (Å²) < 4.78 is 0. The Morgan fingerprint density at radius 1 is 1.18 bits per heavy atom. The minimum absolute atomic E-state index is 0.130. The molecule has 1 saturated heterocycles. The Morgan fingerprint density at radius 3 is 2.35 bits per heavy atom. The third-order valence-corrected chi connectivity index (χ3v) is 4.88. The summed E-state index contributed by atoms with van der Waals surface area (Å²) in [6, 6.07) is 0. The lowest BCUT2D eigenvalue weighted by atomic mass is 9.80. The van der Waals surface area contributed by atoms with Gasteiger partial charge in [0.25, 0.3) is 0 Å². The van der Waals surface area contributed by atoms with E-state index in [1.807, 2.05) is 0 Å². The zero-order valence-corrected chi connectivity index (χ0v) is 12.0.